The monoisotopic (exact) mass is 297 g/mol. The Morgan fingerprint density at radius 3 is 2.64 bits per heavy atom. The highest BCUT2D eigenvalue weighted by Crippen LogP contribution is 2.29. The van der Waals surface area contributed by atoms with Crippen LogP contribution in [0, 0.1) is 5.92 Å². The van der Waals surface area contributed by atoms with Gasteiger partial charge in [0, 0.05) is 11.7 Å². The number of rotatable bonds is 6. The number of carboxylic acids is 1. The fourth-order valence-electron chi connectivity index (χ4n) is 2.81. The SMILES string of the molecule is O=C(O)[C@H](COCc1ccccc1)C1Cc2ccccc2N1. The van der Waals surface area contributed by atoms with E-state index in [1.165, 1.54) is 5.56 Å². The van der Waals surface area contributed by atoms with Crippen LogP contribution < -0.4 is 5.32 Å². The van der Waals surface area contributed by atoms with Gasteiger partial charge >= 0.3 is 5.97 Å². The molecule has 0 amide bonds. The molecule has 0 saturated heterocycles. The summed E-state index contributed by atoms with van der Waals surface area (Å²) in [6, 6.07) is 17.6. The molecule has 22 heavy (non-hydrogen) atoms. The van der Waals surface area contributed by atoms with Gasteiger partial charge in [0.2, 0.25) is 0 Å². The Labute approximate surface area is 129 Å². The summed E-state index contributed by atoms with van der Waals surface area (Å²) < 4.78 is 5.63. The Morgan fingerprint density at radius 2 is 1.91 bits per heavy atom. The standard InChI is InChI=1S/C18H19NO3/c20-18(21)15(12-22-11-13-6-2-1-3-7-13)17-10-14-8-4-5-9-16(14)19-17/h1-9,15,17,19H,10-12H2,(H,20,21)/t15-,17?/m1/s1. The molecule has 0 saturated carbocycles. The number of para-hydroxylation sites is 1. The van der Waals surface area contributed by atoms with Crippen molar-refractivity contribution in [2.45, 2.75) is 19.1 Å². The van der Waals surface area contributed by atoms with E-state index in [4.69, 9.17) is 4.74 Å². The van der Waals surface area contributed by atoms with Crippen LogP contribution in [0.1, 0.15) is 11.1 Å². The molecule has 0 aliphatic carbocycles. The van der Waals surface area contributed by atoms with Gasteiger partial charge in [0.1, 0.15) is 5.92 Å². The Balaban J connectivity index is 1.59. The summed E-state index contributed by atoms with van der Waals surface area (Å²) in [6.45, 7) is 0.639. The molecule has 2 aromatic carbocycles. The molecule has 2 atom stereocenters. The van der Waals surface area contributed by atoms with Gasteiger partial charge in [-0.25, -0.2) is 0 Å². The van der Waals surface area contributed by atoms with Crippen molar-refractivity contribution in [2.24, 2.45) is 5.92 Å². The second-order valence-corrected chi connectivity index (χ2v) is 5.56. The van der Waals surface area contributed by atoms with E-state index in [9.17, 15) is 9.90 Å². The zero-order valence-corrected chi connectivity index (χ0v) is 12.2. The molecule has 2 N–H and O–H groups in total. The second kappa shape index (κ2) is 6.62. The maximum Gasteiger partial charge on any atom is 0.310 e. The number of benzene rings is 2. The number of ether oxygens (including phenoxy) is 1. The summed E-state index contributed by atoms with van der Waals surface area (Å²) in [6.07, 6.45) is 0.724. The normalized spacial score (nSPS) is 17.5. The highest BCUT2D eigenvalue weighted by molar-refractivity contribution is 5.73. The molecule has 1 aliphatic rings. The number of aliphatic carboxylic acids is 1. The van der Waals surface area contributed by atoms with Crippen molar-refractivity contribution < 1.29 is 14.6 Å². The summed E-state index contributed by atoms with van der Waals surface area (Å²) in [5, 5.41) is 12.8. The second-order valence-electron chi connectivity index (χ2n) is 5.56. The quantitative estimate of drug-likeness (QED) is 0.860. The highest BCUT2D eigenvalue weighted by atomic mass is 16.5. The van der Waals surface area contributed by atoms with Gasteiger partial charge in [-0.1, -0.05) is 48.5 Å². The number of nitrogens with one attached hydrogen (secondary N) is 1. The highest BCUT2D eigenvalue weighted by Gasteiger charge is 2.32. The number of hydrogen-bond donors (Lipinski definition) is 2. The van der Waals surface area contributed by atoms with Crippen molar-refractivity contribution in [3.05, 3.63) is 65.7 Å². The smallest absolute Gasteiger partial charge is 0.310 e. The van der Waals surface area contributed by atoms with E-state index in [0.29, 0.717) is 6.61 Å². The molecule has 0 radical (unpaired) electrons. The maximum atomic E-state index is 11.6. The molecule has 0 aromatic heterocycles. The molecule has 0 fully saturated rings. The van der Waals surface area contributed by atoms with Crippen LogP contribution in [0.5, 0.6) is 0 Å². The maximum absolute atomic E-state index is 11.6. The molecule has 3 rings (SSSR count). The lowest BCUT2D eigenvalue weighted by Gasteiger charge is -2.20. The molecule has 0 spiro atoms. The van der Waals surface area contributed by atoms with Crippen LogP contribution in [0.4, 0.5) is 5.69 Å². The van der Waals surface area contributed by atoms with Gasteiger partial charge in [0.15, 0.2) is 0 Å². The van der Waals surface area contributed by atoms with Crippen LogP contribution in [0.25, 0.3) is 0 Å². The van der Waals surface area contributed by atoms with Crippen molar-refractivity contribution in [3.63, 3.8) is 0 Å². The first-order valence-electron chi connectivity index (χ1n) is 7.43. The Kier molecular flexibility index (Phi) is 4.39. The van der Waals surface area contributed by atoms with Crippen LogP contribution >= 0.6 is 0 Å². The van der Waals surface area contributed by atoms with Crippen LogP contribution in [0.3, 0.4) is 0 Å². The molecular formula is C18H19NO3. The fraction of sp³-hybridized carbons (Fsp3) is 0.278. The summed E-state index contributed by atoms with van der Waals surface area (Å²) >= 11 is 0. The van der Waals surface area contributed by atoms with E-state index < -0.39 is 11.9 Å². The van der Waals surface area contributed by atoms with Crippen LogP contribution in [0.15, 0.2) is 54.6 Å². The van der Waals surface area contributed by atoms with Gasteiger partial charge in [0.25, 0.3) is 0 Å². The average molecular weight is 297 g/mol. The first-order chi connectivity index (χ1) is 10.7. The Bertz CT molecular complexity index is 617. The van der Waals surface area contributed by atoms with E-state index in [0.717, 1.165) is 17.7 Å². The fourth-order valence-corrected chi connectivity index (χ4v) is 2.81. The minimum atomic E-state index is -0.821. The number of carbonyl (C=O) groups is 1. The lowest BCUT2D eigenvalue weighted by molar-refractivity contribution is -0.144. The molecule has 1 unspecified atom stereocenters. The third-order valence-electron chi connectivity index (χ3n) is 4.01. The predicted molar refractivity (Wildman–Crippen MR) is 84.8 cm³/mol. The van der Waals surface area contributed by atoms with Gasteiger partial charge in [0.05, 0.1) is 13.2 Å². The van der Waals surface area contributed by atoms with E-state index in [-0.39, 0.29) is 12.6 Å². The molecular weight excluding hydrogens is 278 g/mol. The number of anilines is 1. The van der Waals surface area contributed by atoms with Crippen LogP contribution in [-0.2, 0) is 22.6 Å². The van der Waals surface area contributed by atoms with Crippen molar-refractivity contribution in [1.82, 2.24) is 0 Å². The summed E-state index contributed by atoms with van der Waals surface area (Å²) in [7, 11) is 0. The molecule has 1 heterocycles. The zero-order chi connectivity index (χ0) is 15.4. The minimum Gasteiger partial charge on any atom is -0.481 e. The Hall–Kier alpha value is -2.33. The van der Waals surface area contributed by atoms with Gasteiger partial charge in [-0.2, -0.15) is 0 Å². The molecule has 4 heteroatoms. The molecule has 0 bridgehead atoms. The average Bonchev–Trinajstić information content (AvgIpc) is 2.95. The minimum absolute atomic E-state index is 0.120. The summed E-state index contributed by atoms with van der Waals surface area (Å²) in [5.74, 6) is -1.38. The zero-order valence-electron chi connectivity index (χ0n) is 12.2. The van der Waals surface area contributed by atoms with Crippen molar-refractivity contribution in [3.8, 4) is 0 Å². The topological polar surface area (TPSA) is 58.6 Å². The van der Waals surface area contributed by atoms with Gasteiger partial charge in [-0.05, 0) is 23.6 Å². The first kappa shape index (κ1) is 14.6. The summed E-state index contributed by atoms with van der Waals surface area (Å²) in [4.78, 5) is 11.6. The third kappa shape index (κ3) is 3.28. The lowest BCUT2D eigenvalue weighted by Crippen LogP contribution is -2.36. The van der Waals surface area contributed by atoms with E-state index in [2.05, 4.69) is 5.32 Å². The number of carboxylic acid groups (broad SMARTS) is 1. The van der Waals surface area contributed by atoms with Crippen LogP contribution in [0.2, 0.25) is 0 Å². The summed E-state index contributed by atoms with van der Waals surface area (Å²) in [5.41, 5.74) is 3.25. The van der Waals surface area contributed by atoms with E-state index >= 15 is 0 Å². The molecule has 2 aromatic rings. The number of hydrogen-bond acceptors (Lipinski definition) is 3. The largest absolute Gasteiger partial charge is 0.481 e. The van der Waals surface area contributed by atoms with E-state index in [1.807, 2.05) is 54.6 Å². The van der Waals surface area contributed by atoms with Crippen molar-refractivity contribution in [1.29, 1.82) is 0 Å². The predicted octanol–water partition coefficient (Wildman–Crippen LogP) is 2.94. The van der Waals surface area contributed by atoms with Crippen LogP contribution in [-0.4, -0.2) is 23.7 Å². The molecule has 4 nitrogen and oxygen atoms in total. The molecule has 1 aliphatic heterocycles. The van der Waals surface area contributed by atoms with Crippen molar-refractivity contribution in [2.75, 3.05) is 11.9 Å². The molecule has 114 valence electrons. The van der Waals surface area contributed by atoms with Crippen molar-refractivity contribution >= 4 is 11.7 Å². The van der Waals surface area contributed by atoms with Gasteiger partial charge in [-0.3, -0.25) is 4.79 Å². The first-order valence-corrected chi connectivity index (χ1v) is 7.43. The number of fused-ring (bicyclic) bond motifs is 1. The Morgan fingerprint density at radius 1 is 1.18 bits per heavy atom. The van der Waals surface area contributed by atoms with Gasteiger partial charge in [-0.15, -0.1) is 0 Å². The van der Waals surface area contributed by atoms with Gasteiger partial charge < -0.3 is 15.2 Å². The lowest BCUT2D eigenvalue weighted by atomic mass is 9.97. The third-order valence-corrected chi connectivity index (χ3v) is 4.01. The van der Waals surface area contributed by atoms with E-state index in [1.54, 1.807) is 0 Å².